The van der Waals surface area contributed by atoms with Gasteiger partial charge in [-0.05, 0) is 112 Å². The van der Waals surface area contributed by atoms with E-state index in [4.69, 9.17) is 49.1 Å². The minimum absolute atomic E-state index is 0.0951. The number of anilines is 1. The van der Waals surface area contributed by atoms with E-state index < -0.39 is 17.5 Å². The topological polar surface area (TPSA) is 225 Å². The number of nitrogens with one attached hydrogen (secondary N) is 1. The van der Waals surface area contributed by atoms with Crippen LogP contribution in [-0.2, 0) is 34.7 Å². The smallest absolute Gasteiger partial charge is 0.415 e. The molecule has 6 N–H and O–H groups in total. The van der Waals surface area contributed by atoms with E-state index in [9.17, 15) is 24.3 Å². The first kappa shape index (κ1) is 44.9. The number of carbonyl (C=O) groups is 3. The second kappa shape index (κ2) is 18.2. The molecule has 4 aliphatic rings. The Hall–Kier alpha value is -6.33. The van der Waals surface area contributed by atoms with E-state index in [0.717, 1.165) is 34.9 Å². The van der Waals surface area contributed by atoms with Crippen LogP contribution < -0.4 is 21.8 Å². The number of fused-ring (bicyclic) bond motifs is 5. The van der Waals surface area contributed by atoms with Crippen LogP contribution in [-0.4, -0.2) is 89.6 Å². The first-order valence-corrected chi connectivity index (χ1v) is 22.9. The van der Waals surface area contributed by atoms with Crippen LogP contribution in [0.2, 0.25) is 10.0 Å². The van der Waals surface area contributed by atoms with Crippen molar-refractivity contribution in [3.05, 3.63) is 109 Å². The van der Waals surface area contributed by atoms with E-state index in [1.54, 1.807) is 54.0 Å². The number of cyclic esters (lactones) is 1. The molecule has 10 rings (SSSR count). The van der Waals surface area contributed by atoms with Gasteiger partial charge in [-0.3, -0.25) is 9.59 Å². The number of amides is 2. The number of halogens is 2. The molecule has 0 aliphatic carbocycles. The van der Waals surface area contributed by atoms with Gasteiger partial charge in [-0.15, -0.1) is 0 Å². The summed E-state index contributed by atoms with van der Waals surface area (Å²) in [6.07, 6.45) is 7.79. The Balaban J connectivity index is 0.000000201. The van der Waals surface area contributed by atoms with Crippen LogP contribution in [0.3, 0.4) is 0 Å². The summed E-state index contributed by atoms with van der Waals surface area (Å²) in [7, 11) is 0. The number of esters is 1. The summed E-state index contributed by atoms with van der Waals surface area (Å²) in [5, 5.41) is 12.9. The molecule has 8 heterocycles. The number of H-pyrrole nitrogens is 1. The number of pyridine rings is 2. The van der Waals surface area contributed by atoms with Crippen molar-refractivity contribution in [2.45, 2.75) is 83.6 Å². The number of nitrogens with zero attached hydrogens (tertiary/aromatic N) is 6. The molecule has 4 aliphatic heterocycles. The molecule has 16 nitrogen and oxygen atoms in total. The number of ether oxygens (including phenoxy) is 2. The number of rotatable bonds is 7. The number of likely N-dealkylation sites (tertiary alicyclic amines) is 2. The first-order chi connectivity index (χ1) is 31.8. The van der Waals surface area contributed by atoms with Gasteiger partial charge in [0.25, 0.3) is 11.5 Å². The summed E-state index contributed by atoms with van der Waals surface area (Å²) in [4.78, 5) is 71.4. The highest BCUT2D eigenvalue weighted by molar-refractivity contribution is 6.36. The van der Waals surface area contributed by atoms with Crippen molar-refractivity contribution in [1.82, 2.24) is 34.3 Å². The molecule has 4 aromatic heterocycles. The zero-order valence-electron chi connectivity index (χ0n) is 36.5. The Morgan fingerprint density at radius 2 is 1.74 bits per heavy atom. The summed E-state index contributed by atoms with van der Waals surface area (Å²) < 4.78 is 12.7. The highest BCUT2D eigenvalue weighted by atomic mass is 35.5. The average molecular weight is 935 g/mol. The second-order valence-electron chi connectivity index (χ2n) is 17.0. The van der Waals surface area contributed by atoms with Crippen molar-refractivity contribution in [2.75, 3.05) is 31.9 Å². The Kier molecular flexibility index (Phi) is 12.3. The fourth-order valence-electron chi connectivity index (χ4n) is 9.69. The zero-order valence-corrected chi connectivity index (χ0v) is 38.0. The third-order valence-electron chi connectivity index (χ3n) is 13.2. The number of aromatic nitrogens is 5. The lowest BCUT2D eigenvalue weighted by Gasteiger charge is -2.39. The van der Waals surface area contributed by atoms with Gasteiger partial charge >= 0.3 is 12.1 Å². The highest BCUT2D eigenvalue weighted by Crippen LogP contribution is 2.41. The molecule has 342 valence electrons. The van der Waals surface area contributed by atoms with Gasteiger partial charge in [0.15, 0.2) is 5.60 Å². The minimum Gasteiger partial charge on any atom is -0.458 e. The highest BCUT2D eigenvalue weighted by Gasteiger charge is 2.45. The predicted octanol–water partition coefficient (Wildman–Crippen LogP) is 7.22. The summed E-state index contributed by atoms with van der Waals surface area (Å²) >= 11 is 12.1. The number of nitrogens with two attached hydrogens (primary N) is 2. The maximum Gasteiger partial charge on any atom is 0.415 e. The molecule has 2 fully saturated rings. The number of benzene rings is 2. The summed E-state index contributed by atoms with van der Waals surface area (Å²) in [6, 6.07) is 16.0. The van der Waals surface area contributed by atoms with Gasteiger partial charge in [-0.25, -0.2) is 24.5 Å². The van der Waals surface area contributed by atoms with Crippen LogP contribution in [0.15, 0.2) is 65.6 Å². The first-order valence-electron chi connectivity index (χ1n) is 22.2. The molecular formula is C48H49Cl2N9O7. The number of hydrogen-bond donors (Lipinski definition) is 4. The summed E-state index contributed by atoms with van der Waals surface area (Å²) in [5.74, 6) is -0.725. The van der Waals surface area contributed by atoms with E-state index in [0.29, 0.717) is 98.6 Å². The van der Waals surface area contributed by atoms with Crippen molar-refractivity contribution in [1.29, 1.82) is 0 Å². The average Bonchev–Trinajstić information content (AvgIpc) is 3.93. The molecule has 1 atom stereocenters. The van der Waals surface area contributed by atoms with Crippen molar-refractivity contribution in [3.63, 3.8) is 0 Å². The van der Waals surface area contributed by atoms with Gasteiger partial charge in [0.1, 0.15) is 12.4 Å². The largest absolute Gasteiger partial charge is 0.458 e. The molecule has 0 spiro atoms. The van der Waals surface area contributed by atoms with Crippen molar-refractivity contribution >= 4 is 58.0 Å². The predicted molar refractivity (Wildman–Crippen MR) is 250 cm³/mol. The number of carbonyl (C=O) groups excluding carboxylic acids is 3. The maximum atomic E-state index is 13.6. The molecule has 0 radical (unpaired) electrons. The Morgan fingerprint density at radius 3 is 2.44 bits per heavy atom. The Labute approximate surface area is 389 Å². The van der Waals surface area contributed by atoms with Crippen molar-refractivity contribution in [3.8, 4) is 39.8 Å². The molecule has 2 amide bonds. The van der Waals surface area contributed by atoms with Gasteiger partial charge in [0.2, 0.25) is 5.95 Å². The Bertz CT molecular complexity index is 2980. The molecule has 0 unspecified atom stereocenters. The molecule has 2 aromatic carbocycles. The Morgan fingerprint density at radius 1 is 0.970 bits per heavy atom. The van der Waals surface area contributed by atoms with E-state index >= 15 is 0 Å². The molecule has 6 aromatic rings. The standard InChI is InChI=1S/C33H38N4O6.C15H11Cl2N5O/c1-3-22-23-16-21(43-32(40)36-14-10-20(11-15-36)35-12-6-5-7-13-35)8-9-27(23)34-29-24(22)18-37-28(29)17-26-25(30(37)38)19-42-31(39)33(26,41)4-2;16-7-1-2-8(10(17)5-7)13-9(14(18)23)6-12(21-13)11-3-4-20-15(19)22-11/h8-9,16-17,20,41H,3-7,10-15,18-19H2,1-2H3;1-6,21H,(H2,18,23)(H2,19,20,22)/t33-;/m0./s1. The minimum atomic E-state index is -1.86. The summed E-state index contributed by atoms with van der Waals surface area (Å²) in [5.41, 5.74) is 16.0. The quantitative estimate of drug-likeness (QED) is 0.116. The van der Waals surface area contributed by atoms with E-state index in [-0.39, 0.29) is 30.6 Å². The molecular weight excluding hydrogens is 885 g/mol. The number of nitrogen functional groups attached to an aromatic ring is 1. The fraction of sp³-hybridized carbons (Fsp3) is 0.354. The third kappa shape index (κ3) is 8.27. The van der Waals surface area contributed by atoms with Gasteiger partial charge < -0.3 is 45.4 Å². The normalized spacial score (nSPS) is 18.2. The van der Waals surface area contributed by atoms with Crippen LogP contribution in [0.5, 0.6) is 5.75 Å². The molecule has 2 saturated heterocycles. The van der Waals surface area contributed by atoms with Crippen molar-refractivity contribution in [2.24, 2.45) is 5.73 Å². The second-order valence-corrected chi connectivity index (χ2v) is 17.8. The van der Waals surface area contributed by atoms with Gasteiger partial charge in [-0.1, -0.05) is 43.5 Å². The molecule has 18 heteroatoms. The number of piperidine rings is 2. The monoisotopic (exact) mass is 933 g/mol. The lowest BCUT2D eigenvalue weighted by Crippen LogP contribution is -2.48. The van der Waals surface area contributed by atoms with Gasteiger partial charge in [-0.2, -0.15) is 0 Å². The van der Waals surface area contributed by atoms with E-state index in [1.807, 2.05) is 17.0 Å². The van der Waals surface area contributed by atoms with Gasteiger partial charge in [0.05, 0.1) is 56.7 Å². The fourth-order valence-corrected chi connectivity index (χ4v) is 10.2. The number of primary amides is 1. The zero-order chi connectivity index (χ0) is 46.4. The molecule has 66 heavy (non-hydrogen) atoms. The lowest BCUT2D eigenvalue weighted by atomic mass is 9.86. The van der Waals surface area contributed by atoms with Crippen LogP contribution in [0, 0.1) is 0 Å². The maximum absolute atomic E-state index is 13.6. The van der Waals surface area contributed by atoms with Crippen LogP contribution in [0.25, 0.3) is 44.9 Å². The van der Waals surface area contributed by atoms with Crippen LogP contribution in [0.1, 0.15) is 85.0 Å². The van der Waals surface area contributed by atoms with E-state index in [1.165, 1.54) is 38.5 Å². The summed E-state index contributed by atoms with van der Waals surface area (Å²) in [6.45, 7) is 7.65. The lowest BCUT2D eigenvalue weighted by molar-refractivity contribution is -0.172. The van der Waals surface area contributed by atoms with E-state index in [2.05, 4.69) is 26.8 Å². The van der Waals surface area contributed by atoms with Gasteiger partial charge in [0, 0.05) is 52.4 Å². The van der Waals surface area contributed by atoms with Crippen molar-refractivity contribution < 1.29 is 29.0 Å². The number of aromatic amines is 1. The van der Waals surface area contributed by atoms with Crippen LogP contribution >= 0.6 is 23.2 Å². The molecule has 0 saturated carbocycles. The number of aryl methyl sites for hydroxylation is 1. The third-order valence-corrected chi connectivity index (χ3v) is 13.7. The van der Waals surface area contributed by atoms with Crippen LogP contribution in [0.4, 0.5) is 10.7 Å². The number of aliphatic hydroxyl groups is 1. The number of hydrogen-bond acceptors (Lipinski definition) is 12. The SMILES string of the molecule is CCc1c2c(nc3ccc(OC(=O)N4CCC(N5CCCCC5)CC4)cc13)-c1cc3c(c(=O)n1C2)COC(=O)[C@]3(O)CC.NC(=O)c1cc(-c2ccnc(N)n2)[nH]c1-c1ccc(Cl)cc1Cl. The molecule has 0 bridgehead atoms.